The summed E-state index contributed by atoms with van der Waals surface area (Å²) in [5.41, 5.74) is 4.08. The number of carbonyl (C=O) groups is 2. The molecule has 1 unspecified atom stereocenters. The average Bonchev–Trinajstić information content (AvgIpc) is 3.63. The number of ketones is 1. The number of hydrogen-bond acceptors (Lipinski definition) is 4. The predicted octanol–water partition coefficient (Wildman–Crippen LogP) is 7.44. The normalized spacial score (nSPS) is 16.3. The van der Waals surface area contributed by atoms with Crippen LogP contribution in [0.2, 0.25) is 0 Å². The number of hydrazone groups is 1. The van der Waals surface area contributed by atoms with Crippen molar-refractivity contribution in [3.05, 3.63) is 123 Å². The van der Waals surface area contributed by atoms with Gasteiger partial charge in [-0.15, -0.1) is 0 Å². The van der Waals surface area contributed by atoms with Crippen LogP contribution in [0.5, 0.6) is 5.75 Å². The van der Waals surface area contributed by atoms with Crippen molar-refractivity contribution in [1.82, 2.24) is 5.01 Å². The van der Waals surface area contributed by atoms with E-state index in [1.54, 1.807) is 32.0 Å². The van der Waals surface area contributed by atoms with E-state index >= 15 is 8.78 Å². The second kappa shape index (κ2) is 12.2. The van der Waals surface area contributed by atoms with Gasteiger partial charge in [0.2, 0.25) is 0 Å². The highest BCUT2D eigenvalue weighted by molar-refractivity contribution is 6.05. The minimum atomic E-state index is -0.957. The standard InChI is InChI=1S/C34H31F3N2O3/c1-4-21-17-28(36)32(29(37)18-21)34(41)39-31(19-30(38-39)23-13-15-25(35)16-14-23)27-10-6-8-24(33(27)42-3)12-11-22-7-5-9-26(22)20(2)40/h5-6,8-10,13-18,31H,4,7,11-12,19H2,1-3H3. The van der Waals surface area contributed by atoms with E-state index in [1.165, 1.54) is 19.2 Å². The molecular weight excluding hydrogens is 541 g/mol. The minimum absolute atomic E-state index is 0.0245. The summed E-state index contributed by atoms with van der Waals surface area (Å²) in [7, 11) is 1.53. The SMILES string of the molecule is CCc1cc(F)c(C(=O)N2N=C(c3ccc(F)cc3)CC2c2cccc(CCC3=C(C(C)=O)C=CC3)c2OC)c(F)c1. The van der Waals surface area contributed by atoms with Crippen LogP contribution in [0.15, 0.2) is 83.0 Å². The highest BCUT2D eigenvalue weighted by atomic mass is 19.1. The summed E-state index contributed by atoms with van der Waals surface area (Å²) in [5, 5.41) is 5.63. The molecule has 42 heavy (non-hydrogen) atoms. The van der Waals surface area contributed by atoms with Gasteiger partial charge in [0, 0.05) is 17.6 Å². The molecule has 0 bridgehead atoms. The van der Waals surface area contributed by atoms with E-state index in [-0.39, 0.29) is 12.2 Å². The van der Waals surface area contributed by atoms with Gasteiger partial charge in [-0.3, -0.25) is 9.59 Å². The maximum atomic E-state index is 15.1. The fourth-order valence-electron chi connectivity index (χ4n) is 5.65. The van der Waals surface area contributed by atoms with Crippen LogP contribution in [0.3, 0.4) is 0 Å². The topological polar surface area (TPSA) is 59.0 Å². The number of amides is 1. The highest BCUT2D eigenvalue weighted by Gasteiger charge is 2.38. The smallest absolute Gasteiger partial charge is 0.280 e. The van der Waals surface area contributed by atoms with Gasteiger partial charge in [-0.1, -0.05) is 55.0 Å². The number of allylic oxidation sites excluding steroid dienone is 4. The van der Waals surface area contributed by atoms with Crippen molar-refractivity contribution in [3.8, 4) is 5.75 Å². The van der Waals surface area contributed by atoms with Gasteiger partial charge < -0.3 is 4.74 Å². The predicted molar refractivity (Wildman–Crippen MR) is 155 cm³/mol. The summed E-state index contributed by atoms with van der Waals surface area (Å²) >= 11 is 0. The Morgan fingerprint density at radius 2 is 1.74 bits per heavy atom. The molecule has 1 heterocycles. The van der Waals surface area contributed by atoms with Gasteiger partial charge >= 0.3 is 0 Å². The number of halogens is 3. The molecule has 0 N–H and O–H groups in total. The van der Waals surface area contributed by atoms with Gasteiger partial charge in [0.05, 0.1) is 18.9 Å². The quantitative estimate of drug-likeness (QED) is 0.268. The molecule has 5 rings (SSSR count). The molecule has 1 aliphatic carbocycles. The number of rotatable bonds is 9. The summed E-state index contributed by atoms with van der Waals surface area (Å²) in [6.07, 6.45) is 6.40. The van der Waals surface area contributed by atoms with Crippen molar-refractivity contribution in [2.24, 2.45) is 5.10 Å². The number of methoxy groups -OCH3 is 1. The first-order chi connectivity index (χ1) is 20.2. The number of benzene rings is 3. The Kier molecular flexibility index (Phi) is 8.43. The molecule has 0 saturated carbocycles. The average molecular weight is 573 g/mol. The molecule has 3 aromatic rings. The van der Waals surface area contributed by atoms with E-state index in [4.69, 9.17) is 4.74 Å². The number of nitrogens with zero attached hydrogens (tertiary/aromatic N) is 2. The van der Waals surface area contributed by atoms with Crippen LogP contribution in [0.25, 0.3) is 0 Å². The molecule has 1 aliphatic heterocycles. The van der Waals surface area contributed by atoms with Gasteiger partial charge in [0.25, 0.3) is 5.91 Å². The second-order valence-electron chi connectivity index (χ2n) is 10.4. The third kappa shape index (κ3) is 5.66. The minimum Gasteiger partial charge on any atom is -0.496 e. The van der Waals surface area contributed by atoms with Crippen molar-refractivity contribution in [3.63, 3.8) is 0 Å². The lowest BCUT2D eigenvalue weighted by atomic mass is 9.93. The molecule has 3 aromatic carbocycles. The largest absolute Gasteiger partial charge is 0.496 e. The van der Waals surface area contributed by atoms with Gasteiger partial charge in [0.15, 0.2) is 5.78 Å². The first-order valence-electron chi connectivity index (χ1n) is 13.9. The summed E-state index contributed by atoms with van der Waals surface area (Å²) in [5.74, 6) is -2.69. The summed E-state index contributed by atoms with van der Waals surface area (Å²) in [4.78, 5) is 25.8. The molecule has 0 radical (unpaired) electrons. The lowest BCUT2D eigenvalue weighted by Crippen LogP contribution is -2.29. The van der Waals surface area contributed by atoms with Gasteiger partial charge in [-0.25, -0.2) is 18.2 Å². The van der Waals surface area contributed by atoms with Crippen LogP contribution in [0.4, 0.5) is 13.2 Å². The maximum Gasteiger partial charge on any atom is 0.280 e. The van der Waals surface area contributed by atoms with E-state index in [0.717, 1.165) is 33.9 Å². The molecule has 5 nitrogen and oxygen atoms in total. The number of aryl methyl sites for hydroxylation is 2. The van der Waals surface area contributed by atoms with E-state index < -0.39 is 35.0 Å². The fourth-order valence-corrected chi connectivity index (χ4v) is 5.65. The number of Topliss-reactive ketones (excluding diaryl/α,β-unsaturated/α-hetero) is 1. The van der Waals surface area contributed by atoms with Crippen LogP contribution in [-0.2, 0) is 17.6 Å². The zero-order valence-corrected chi connectivity index (χ0v) is 23.7. The molecule has 0 spiro atoms. The summed E-state index contributed by atoms with van der Waals surface area (Å²) < 4.78 is 49.7. The Balaban J connectivity index is 1.54. The van der Waals surface area contributed by atoms with E-state index in [0.29, 0.717) is 53.8 Å². The van der Waals surface area contributed by atoms with Crippen molar-refractivity contribution in [1.29, 1.82) is 0 Å². The maximum absolute atomic E-state index is 15.1. The molecule has 0 fully saturated rings. The Bertz CT molecular complexity index is 1620. The molecule has 0 saturated heterocycles. The number of carbonyl (C=O) groups excluding carboxylic acids is 2. The van der Waals surface area contributed by atoms with Crippen molar-refractivity contribution < 1.29 is 27.5 Å². The second-order valence-corrected chi connectivity index (χ2v) is 10.4. The lowest BCUT2D eigenvalue weighted by molar-refractivity contribution is -0.113. The summed E-state index contributed by atoms with van der Waals surface area (Å²) in [6.45, 7) is 3.32. The summed E-state index contributed by atoms with van der Waals surface area (Å²) in [6, 6.07) is 12.9. The Hall–Kier alpha value is -4.46. The zero-order valence-electron chi connectivity index (χ0n) is 23.7. The van der Waals surface area contributed by atoms with Crippen molar-refractivity contribution in [2.75, 3.05) is 7.11 Å². The first kappa shape index (κ1) is 29.0. The van der Waals surface area contributed by atoms with Crippen LogP contribution in [0.1, 0.15) is 71.8 Å². The molecule has 1 atom stereocenters. The molecule has 216 valence electrons. The van der Waals surface area contributed by atoms with E-state index in [1.807, 2.05) is 24.3 Å². The van der Waals surface area contributed by atoms with Gasteiger partial charge in [-0.2, -0.15) is 5.10 Å². The fraction of sp³-hybridized carbons (Fsp3) is 0.265. The van der Waals surface area contributed by atoms with E-state index in [9.17, 15) is 14.0 Å². The highest BCUT2D eigenvalue weighted by Crippen LogP contribution is 2.41. The third-order valence-electron chi connectivity index (χ3n) is 7.82. The molecule has 0 aromatic heterocycles. The third-order valence-corrected chi connectivity index (χ3v) is 7.82. The molecule has 8 heteroatoms. The molecular formula is C34H31F3N2O3. The number of hydrogen-bond donors (Lipinski definition) is 0. The van der Waals surface area contributed by atoms with Crippen molar-refractivity contribution in [2.45, 2.75) is 52.0 Å². The van der Waals surface area contributed by atoms with Crippen LogP contribution in [0, 0.1) is 17.5 Å². The molecule has 1 amide bonds. The zero-order chi connectivity index (χ0) is 30.0. The van der Waals surface area contributed by atoms with Gasteiger partial charge in [0.1, 0.15) is 28.8 Å². The van der Waals surface area contributed by atoms with Gasteiger partial charge in [-0.05, 0) is 73.6 Å². The van der Waals surface area contributed by atoms with Crippen LogP contribution in [-0.4, -0.2) is 29.5 Å². The first-order valence-corrected chi connectivity index (χ1v) is 13.9. The Labute approximate surface area is 243 Å². The number of ether oxygens (including phenoxy) is 1. The number of para-hydroxylation sites is 1. The Morgan fingerprint density at radius 1 is 1.02 bits per heavy atom. The monoisotopic (exact) mass is 572 g/mol. The van der Waals surface area contributed by atoms with Crippen molar-refractivity contribution >= 4 is 17.4 Å². The molecule has 2 aliphatic rings. The van der Waals surface area contributed by atoms with Crippen LogP contribution < -0.4 is 4.74 Å². The lowest BCUT2D eigenvalue weighted by Gasteiger charge is -2.25. The van der Waals surface area contributed by atoms with E-state index in [2.05, 4.69) is 5.10 Å². The van der Waals surface area contributed by atoms with Crippen LogP contribution >= 0.6 is 0 Å². The Morgan fingerprint density at radius 3 is 2.38 bits per heavy atom.